The number of nitrogens with zero attached hydrogens (tertiary/aromatic N) is 3. The molecule has 1 unspecified atom stereocenters. The van der Waals surface area contributed by atoms with E-state index in [0.29, 0.717) is 23.8 Å². The van der Waals surface area contributed by atoms with Crippen LogP contribution in [-0.4, -0.2) is 47.7 Å². The number of methoxy groups -OCH3 is 2. The standard InChI is InChI=1S/C21H27F3N4O2/c1-13-9-19(21(22,23)24)28-20(25-13)11-16(26-28)17-5-4-8-27(17)12-14-6-7-15(29-2)10-18(14)30-3/h6-7,10-11,13,17,19,25H,4-5,8-9,12H2,1-3H3/t13-,17?,19-/m1/s1. The van der Waals surface area contributed by atoms with Crippen molar-refractivity contribution in [3.05, 3.63) is 35.5 Å². The third kappa shape index (κ3) is 3.95. The zero-order chi connectivity index (χ0) is 21.5. The monoisotopic (exact) mass is 424 g/mol. The Bertz CT molecular complexity index is 899. The second-order valence-electron chi connectivity index (χ2n) is 8.04. The Morgan fingerprint density at radius 1 is 1.20 bits per heavy atom. The van der Waals surface area contributed by atoms with E-state index in [-0.39, 0.29) is 18.5 Å². The Morgan fingerprint density at radius 2 is 2.00 bits per heavy atom. The molecule has 30 heavy (non-hydrogen) atoms. The van der Waals surface area contributed by atoms with Crippen LogP contribution in [-0.2, 0) is 6.54 Å². The molecule has 0 amide bonds. The van der Waals surface area contributed by atoms with Gasteiger partial charge in [0.05, 0.1) is 26.0 Å². The fraction of sp³-hybridized carbons (Fsp3) is 0.571. The maximum absolute atomic E-state index is 13.6. The maximum atomic E-state index is 13.6. The van der Waals surface area contributed by atoms with Crippen molar-refractivity contribution in [2.45, 2.75) is 57.0 Å². The normalized spacial score (nSPS) is 24.4. The van der Waals surface area contributed by atoms with E-state index in [4.69, 9.17) is 9.47 Å². The van der Waals surface area contributed by atoms with Gasteiger partial charge in [-0.2, -0.15) is 18.3 Å². The summed E-state index contributed by atoms with van der Waals surface area (Å²) in [7, 11) is 3.22. The predicted molar refractivity (Wildman–Crippen MR) is 107 cm³/mol. The van der Waals surface area contributed by atoms with Crippen LogP contribution in [0.5, 0.6) is 11.5 Å². The minimum Gasteiger partial charge on any atom is -0.497 e. The molecule has 2 aliphatic heterocycles. The van der Waals surface area contributed by atoms with Crippen molar-refractivity contribution in [2.24, 2.45) is 0 Å². The Kier molecular flexibility index (Phi) is 5.57. The van der Waals surface area contributed by atoms with Crippen molar-refractivity contribution >= 4 is 5.82 Å². The van der Waals surface area contributed by atoms with Crippen LogP contribution in [0.25, 0.3) is 0 Å². The third-order valence-electron chi connectivity index (χ3n) is 5.97. The highest BCUT2D eigenvalue weighted by Crippen LogP contribution is 2.42. The van der Waals surface area contributed by atoms with Crippen LogP contribution >= 0.6 is 0 Å². The number of nitrogens with one attached hydrogen (secondary N) is 1. The molecular weight excluding hydrogens is 397 g/mol. The van der Waals surface area contributed by atoms with Gasteiger partial charge in [0, 0.05) is 30.3 Å². The predicted octanol–water partition coefficient (Wildman–Crippen LogP) is 4.54. The molecule has 3 atom stereocenters. The second-order valence-corrected chi connectivity index (χ2v) is 8.04. The second kappa shape index (κ2) is 8.02. The van der Waals surface area contributed by atoms with Gasteiger partial charge in [-0.05, 0) is 38.8 Å². The molecule has 3 heterocycles. The molecule has 1 fully saturated rings. The van der Waals surface area contributed by atoms with E-state index in [9.17, 15) is 13.2 Å². The highest BCUT2D eigenvalue weighted by Gasteiger charge is 2.46. The molecule has 0 aliphatic carbocycles. The topological polar surface area (TPSA) is 51.5 Å². The molecule has 0 radical (unpaired) electrons. The van der Waals surface area contributed by atoms with Crippen LogP contribution in [0.2, 0.25) is 0 Å². The molecule has 0 bridgehead atoms. The highest BCUT2D eigenvalue weighted by atomic mass is 19.4. The molecule has 2 aromatic rings. The van der Waals surface area contributed by atoms with E-state index >= 15 is 0 Å². The molecule has 0 spiro atoms. The summed E-state index contributed by atoms with van der Waals surface area (Å²) < 4.78 is 52.6. The van der Waals surface area contributed by atoms with E-state index in [1.165, 1.54) is 0 Å². The summed E-state index contributed by atoms with van der Waals surface area (Å²) >= 11 is 0. The molecule has 1 aromatic heterocycles. The van der Waals surface area contributed by atoms with Crippen LogP contribution in [0.3, 0.4) is 0 Å². The first-order chi connectivity index (χ1) is 14.3. The van der Waals surface area contributed by atoms with E-state index in [2.05, 4.69) is 15.3 Å². The van der Waals surface area contributed by atoms with Gasteiger partial charge in [-0.3, -0.25) is 4.90 Å². The summed E-state index contributed by atoms with van der Waals surface area (Å²) in [4.78, 5) is 2.25. The Morgan fingerprint density at radius 3 is 2.70 bits per heavy atom. The van der Waals surface area contributed by atoms with Crippen molar-refractivity contribution in [3.8, 4) is 11.5 Å². The molecule has 164 valence electrons. The highest BCUT2D eigenvalue weighted by molar-refractivity contribution is 5.43. The SMILES string of the molecule is COc1ccc(CN2CCCC2c2cc3n(n2)[C@@H](C(F)(F)F)C[C@@H](C)N3)c(OC)c1. The molecule has 2 aliphatic rings. The van der Waals surface area contributed by atoms with Crippen molar-refractivity contribution in [1.82, 2.24) is 14.7 Å². The van der Waals surface area contributed by atoms with Gasteiger partial charge < -0.3 is 14.8 Å². The lowest BCUT2D eigenvalue weighted by atomic mass is 10.1. The maximum Gasteiger partial charge on any atom is 0.410 e. The Labute approximate surface area is 173 Å². The first-order valence-electron chi connectivity index (χ1n) is 10.2. The number of aromatic nitrogens is 2. The number of anilines is 1. The lowest BCUT2D eigenvalue weighted by Crippen LogP contribution is -2.37. The zero-order valence-corrected chi connectivity index (χ0v) is 17.4. The van der Waals surface area contributed by atoms with Crippen LogP contribution in [0.1, 0.15) is 49.5 Å². The number of fused-ring (bicyclic) bond motifs is 1. The van der Waals surface area contributed by atoms with Gasteiger partial charge in [0.15, 0.2) is 6.04 Å². The third-order valence-corrected chi connectivity index (χ3v) is 5.97. The number of rotatable bonds is 5. The molecule has 1 saturated heterocycles. The number of ether oxygens (including phenoxy) is 2. The summed E-state index contributed by atoms with van der Waals surface area (Å²) in [6.45, 7) is 3.26. The molecule has 1 N–H and O–H groups in total. The van der Waals surface area contributed by atoms with Crippen molar-refractivity contribution in [1.29, 1.82) is 0 Å². The first-order valence-corrected chi connectivity index (χ1v) is 10.2. The minimum atomic E-state index is -4.32. The number of hydrogen-bond acceptors (Lipinski definition) is 5. The molecule has 9 heteroatoms. The first kappa shape index (κ1) is 20.8. The van der Waals surface area contributed by atoms with Gasteiger partial charge in [0.1, 0.15) is 17.3 Å². The average molecular weight is 424 g/mol. The van der Waals surface area contributed by atoms with Gasteiger partial charge in [0.25, 0.3) is 0 Å². The summed E-state index contributed by atoms with van der Waals surface area (Å²) in [5.41, 5.74) is 1.69. The number of hydrogen-bond donors (Lipinski definition) is 1. The molecule has 0 saturated carbocycles. The fourth-order valence-electron chi connectivity index (χ4n) is 4.49. The van der Waals surface area contributed by atoms with Gasteiger partial charge >= 0.3 is 6.18 Å². The van der Waals surface area contributed by atoms with Crippen molar-refractivity contribution in [2.75, 3.05) is 26.1 Å². The number of alkyl halides is 3. The van der Waals surface area contributed by atoms with Crippen molar-refractivity contribution in [3.63, 3.8) is 0 Å². The van der Waals surface area contributed by atoms with Crippen LogP contribution in [0, 0.1) is 0 Å². The van der Waals surface area contributed by atoms with Crippen molar-refractivity contribution < 1.29 is 22.6 Å². The van der Waals surface area contributed by atoms with Gasteiger partial charge in [-0.25, -0.2) is 4.68 Å². The molecule has 4 rings (SSSR count). The number of benzene rings is 1. The lowest BCUT2D eigenvalue weighted by molar-refractivity contribution is -0.173. The fourth-order valence-corrected chi connectivity index (χ4v) is 4.49. The van der Waals surface area contributed by atoms with E-state index in [1.807, 2.05) is 18.2 Å². The number of halogens is 3. The van der Waals surface area contributed by atoms with E-state index in [1.54, 1.807) is 27.2 Å². The summed E-state index contributed by atoms with van der Waals surface area (Å²) in [6, 6.07) is 5.61. The van der Waals surface area contributed by atoms with Gasteiger partial charge in [0.2, 0.25) is 0 Å². The average Bonchev–Trinajstić information content (AvgIpc) is 3.33. The summed E-state index contributed by atoms with van der Waals surface area (Å²) in [5.74, 6) is 1.89. The van der Waals surface area contributed by atoms with Crippen LogP contribution < -0.4 is 14.8 Å². The lowest BCUT2D eigenvalue weighted by Gasteiger charge is -2.31. The zero-order valence-electron chi connectivity index (χ0n) is 17.4. The summed E-state index contributed by atoms with van der Waals surface area (Å²) in [5, 5.41) is 7.57. The molecule has 1 aromatic carbocycles. The van der Waals surface area contributed by atoms with Crippen LogP contribution in [0.4, 0.5) is 19.0 Å². The Balaban J connectivity index is 1.59. The summed E-state index contributed by atoms with van der Waals surface area (Å²) in [6.07, 6.45) is -2.51. The van der Waals surface area contributed by atoms with Gasteiger partial charge in [-0.15, -0.1) is 0 Å². The van der Waals surface area contributed by atoms with E-state index in [0.717, 1.165) is 35.4 Å². The smallest absolute Gasteiger partial charge is 0.410 e. The van der Waals surface area contributed by atoms with Crippen LogP contribution in [0.15, 0.2) is 24.3 Å². The molecule has 6 nitrogen and oxygen atoms in total. The van der Waals surface area contributed by atoms with Gasteiger partial charge in [-0.1, -0.05) is 6.07 Å². The quantitative estimate of drug-likeness (QED) is 0.764. The largest absolute Gasteiger partial charge is 0.497 e. The Hall–Kier alpha value is -2.42. The molecular formula is C21H27F3N4O2. The minimum absolute atomic E-state index is 0.0188. The van der Waals surface area contributed by atoms with E-state index < -0.39 is 12.2 Å². The number of likely N-dealkylation sites (tertiary alicyclic amines) is 1.